The number of rotatable bonds is 15. The fourth-order valence-corrected chi connectivity index (χ4v) is 4.88. The predicted molar refractivity (Wildman–Crippen MR) is 162 cm³/mol. The van der Waals surface area contributed by atoms with Crippen LogP contribution in [0.15, 0.2) is 54.6 Å². The molecule has 1 aromatic heterocycles. The third-order valence-electron chi connectivity index (χ3n) is 7.30. The Balaban J connectivity index is 1.26. The average Bonchev–Trinajstić information content (AvgIpc) is 3.34. The van der Waals surface area contributed by atoms with Crippen LogP contribution in [-0.4, -0.2) is 49.9 Å². The number of carbonyl (C=O) groups excluding carboxylic acids is 1. The summed E-state index contributed by atoms with van der Waals surface area (Å²) in [7, 11) is 4.61. The number of imidazole rings is 1. The van der Waals surface area contributed by atoms with Gasteiger partial charge in [-0.2, -0.15) is 0 Å². The molecule has 0 aliphatic carbocycles. The Morgan fingerprint density at radius 1 is 0.854 bits per heavy atom. The van der Waals surface area contributed by atoms with Crippen LogP contribution in [0.3, 0.4) is 0 Å². The van der Waals surface area contributed by atoms with E-state index in [2.05, 4.69) is 54.1 Å². The van der Waals surface area contributed by atoms with Crippen LogP contribution in [0.25, 0.3) is 11.0 Å². The number of nitrogens with zero attached hydrogens (tertiary/aromatic N) is 2. The minimum absolute atomic E-state index is 0.172. The molecular weight excluding hydrogens is 518 g/mol. The molecule has 8 nitrogen and oxygen atoms in total. The molecule has 8 heteroatoms. The summed E-state index contributed by atoms with van der Waals surface area (Å²) in [6.45, 7) is 6.31. The third kappa shape index (κ3) is 7.51. The first-order valence-corrected chi connectivity index (χ1v) is 14.2. The number of amides is 1. The zero-order chi connectivity index (χ0) is 29.2. The van der Waals surface area contributed by atoms with Crippen LogP contribution >= 0.6 is 0 Å². The summed E-state index contributed by atoms with van der Waals surface area (Å²) in [5.74, 6) is 3.22. The summed E-state index contributed by atoms with van der Waals surface area (Å²) in [6.07, 6.45) is 4.62. The molecule has 0 saturated carbocycles. The summed E-state index contributed by atoms with van der Waals surface area (Å²) in [5, 5.41) is 3.00. The topological polar surface area (TPSA) is 83.8 Å². The number of nitrogens with one attached hydrogen (secondary N) is 1. The zero-order valence-corrected chi connectivity index (χ0v) is 24.8. The van der Waals surface area contributed by atoms with Crippen LogP contribution < -0.4 is 24.3 Å². The van der Waals surface area contributed by atoms with Gasteiger partial charge in [0.2, 0.25) is 5.75 Å². The maximum atomic E-state index is 12.7. The van der Waals surface area contributed by atoms with E-state index in [0.29, 0.717) is 36.0 Å². The highest BCUT2D eigenvalue weighted by Crippen LogP contribution is 2.38. The fourth-order valence-electron chi connectivity index (χ4n) is 4.88. The summed E-state index contributed by atoms with van der Waals surface area (Å²) in [5.41, 5.74) is 5.16. The van der Waals surface area contributed by atoms with Gasteiger partial charge in [-0.25, -0.2) is 4.98 Å². The molecule has 0 atom stereocenters. The van der Waals surface area contributed by atoms with Gasteiger partial charge in [0.15, 0.2) is 11.5 Å². The number of carbonyl (C=O) groups is 1. The van der Waals surface area contributed by atoms with Crippen LogP contribution in [-0.2, 0) is 13.0 Å². The maximum Gasteiger partial charge on any atom is 0.251 e. The number of methoxy groups -OCH3 is 3. The van der Waals surface area contributed by atoms with Crippen LogP contribution in [0, 0.1) is 13.8 Å². The fraction of sp³-hybridized carbons (Fsp3) is 0.394. The third-order valence-corrected chi connectivity index (χ3v) is 7.30. The Morgan fingerprint density at radius 2 is 1.61 bits per heavy atom. The Hall–Kier alpha value is -4.20. The first kappa shape index (κ1) is 29.8. The minimum Gasteiger partial charge on any atom is -0.494 e. The van der Waals surface area contributed by atoms with E-state index < -0.39 is 0 Å². The second-order valence-corrected chi connectivity index (χ2v) is 10.1. The van der Waals surface area contributed by atoms with E-state index in [9.17, 15) is 4.79 Å². The van der Waals surface area contributed by atoms with E-state index in [0.717, 1.165) is 61.3 Å². The molecule has 1 N–H and O–H groups in total. The van der Waals surface area contributed by atoms with E-state index in [4.69, 9.17) is 23.9 Å². The van der Waals surface area contributed by atoms with Gasteiger partial charge in [-0.15, -0.1) is 0 Å². The lowest BCUT2D eigenvalue weighted by Crippen LogP contribution is -2.24. The van der Waals surface area contributed by atoms with Crippen molar-refractivity contribution >= 4 is 16.9 Å². The summed E-state index contributed by atoms with van der Waals surface area (Å²) < 4.78 is 24.4. The first-order chi connectivity index (χ1) is 19.9. The SMILES string of the molecule is COc1cc(C(=O)NCCCCCc2nc3ccccc3n2CCCOc2ccc(C)c(C)c2)cc(OC)c1OC. The number of hydrogen-bond donors (Lipinski definition) is 1. The van der Waals surface area contributed by atoms with Crippen molar-refractivity contribution in [3.8, 4) is 23.0 Å². The van der Waals surface area contributed by atoms with E-state index in [-0.39, 0.29) is 5.91 Å². The highest BCUT2D eigenvalue weighted by molar-refractivity contribution is 5.95. The molecule has 0 saturated heterocycles. The molecule has 1 heterocycles. The largest absolute Gasteiger partial charge is 0.494 e. The molecule has 0 unspecified atom stereocenters. The number of fused-ring (bicyclic) bond motifs is 1. The summed E-state index contributed by atoms with van der Waals surface area (Å²) in [4.78, 5) is 17.7. The van der Waals surface area contributed by atoms with Crippen molar-refractivity contribution in [3.63, 3.8) is 0 Å². The average molecular weight is 560 g/mol. The van der Waals surface area contributed by atoms with Crippen molar-refractivity contribution in [2.75, 3.05) is 34.5 Å². The summed E-state index contributed by atoms with van der Waals surface area (Å²) >= 11 is 0. The van der Waals surface area contributed by atoms with Crippen molar-refractivity contribution in [2.45, 2.75) is 52.5 Å². The van der Waals surface area contributed by atoms with Crippen molar-refractivity contribution in [1.29, 1.82) is 0 Å². The number of benzene rings is 3. The quantitative estimate of drug-likeness (QED) is 0.172. The standard InChI is InChI=1S/C33H41N3O5/c1-23-15-16-26(20-24(23)2)41-19-11-18-36-28-13-9-8-12-27(28)35-31(36)14-7-6-10-17-34-33(37)25-21-29(38-3)32(40-5)30(22-25)39-4/h8-9,12-13,15-16,20-22H,6-7,10-11,14,17-19H2,1-5H3,(H,34,37). The van der Waals surface area contributed by atoms with Crippen molar-refractivity contribution in [1.82, 2.24) is 14.9 Å². The molecule has 0 bridgehead atoms. The molecule has 0 spiro atoms. The maximum absolute atomic E-state index is 12.7. The van der Waals surface area contributed by atoms with Gasteiger partial charge >= 0.3 is 0 Å². The molecule has 3 aromatic carbocycles. The van der Waals surface area contributed by atoms with Gasteiger partial charge in [-0.1, -0.05) is 24.6 Å². The van der Waals surface area contributed by atoms with Gasteiger partial charge in [0, 0.05) is 25.1 Å². The molecule has 1 amide bonds. The molecule has 0 aliphatic heterocycles. The highest BCUT2D eigenvalue weighted by atomic mass is 16.5. The molecule has 0 radical (unpaired) electrons. The smallest absolute Gasteiger partial charge is 0.251 e. The second kappa shape index (κ2) is 14.4. The number of hydrogen-bond acceptors (Lipinski definition) is 6. The second-order valence-electron chi connectivity index (χ2n) is 10.1. The molecule has 0 fully saturated rings. The summed E-state index contributed by atoms with van der Waals surface area (Å²) in [6, 6.07) is 17.9. The highest BCUT2D eigenvalue weighted by Gasteiger charge is 2.17. The predicted octanol–water partition coefficient (Wildman–Crippen LogP) is 6.29. The Labute approximate surface area is 242 Å². The lowest BCUT2D eigenvalue weighted by Gasteiger charge is -2.14. The van der Waals surface area contributed by atoms with Crippen LogP contribution in [0.5, 0.6) is 23.0 Å². The number of para-hydroxylation sites is 2. The molecule has 4 aromatic rings. The van der Waals surface area contributed by atoms with Gasteiger partial charge in [-0.3, -0.25) is 4.79 Å². The lowest BCUT2D eigenvalue weighted by molar-refractivity contribution is 0.0952. The molecule has 4 rings (SSSR count). The Kier molecular flexibility index (Phi) is 10.5. The lowest BCUT2D eigenvalue weighted by atomic mass is 10.1. The monoisotopic (exact) mass is 559 g/mol. The molecule has 218 valence electrons. The van der Waals surface area contributed by atoms with E-state index >= 15 is 0 Å². The number of aromatic nitrogens is 2. The normalized spacial score (nSPS) is 11.0. The Morgan fingerprint density at radius 3 is 2.32 bits per heavy atom. The van der Waals surface area contributed by atoms with Crippen LogP contribution in [0.2, 0.25) is 0 Å². The minimum atomic E-state index is -0.172. The van der Waals surface area contributed by atoms with Crippen LogP contribution in [0.4, 0.5) is 0 Å². The Bertz CT molecular complexity index is 1440. The van der Waals surface area contributed by atoms with Crippen molar-refractivity contribution < 1.29 is 23.7 Å². The van der Waals surface area contributed by atoms with Gasteiger partial charge in [-0.05, 0) is 80.6 Å². The first-order valence-electron chi connectivity index (χ1n) is 14.2. The van der Waals surface area contributed by atoms with Gasteiger partial charge in [0.05, 0.1) is 39.0 Å². The molecule has 0 aliphatic rings. The van der Waals surface area contributed by atoms with Crippen LogP contribution in [0.1, 0.15) is 53.0 Å². The number of aryl methyl sites for hydroxylation is 4. The van der Waals surface area contributed by atoms with E-state index in [1.807, 2.05) is 12.1 Å². The van der Waals surface area contributed by atoms with Gasteiger partial charge in [0.1, 0.15) is 11.6 Å². The van der Waals surface area contributed by atoms with Crippen molar-refractivity contribution in [3.05, 3.63) is 77.1 Å². The number of unbranched alkanes of at least 4 members (excludes halogenated alkanes) is 2. The molecule has 41 heavy (non-hydrogen) atoms. The van der Waals surface area contributed by atoms with Gasteiger partial charge in [0.25, 0.3) is 5.91 Å². The molecular formula is C33H41N3O5. The van der Waals surface area contributed by atoms with Crippen molar-refractivity contribution in [2.24, 2.45) is 0 Å². The zero-order valence-electron chi connectivity index (χ0n) is 24.8. The van der Waals surface area contributed by atoms with E-state index in [1.54, 1.807) is 12.1 Å². The van der Waals surface area contributed by atoms with Gasteiger partial charge < -0.3 is 28.8 Å². The number of ether oxygens (including phenoxy) is 4. The van der Waals surface area contributed by atoms with E-state index in [1.165, 1.54) is 32.5 Å².